The van der Waals surface area contributed by atoms with E-state index in [1.165, 1.54) is 4.90 Å². The van der Waals surface area contributed by atoms with Crippen LogP contribution in [0, 0.1) is 0 Å². The number of likely N-dealkylation sites (tertiary alicyclic amines) is 1. The number of hydrogen-bond acceptors (Lipinski definition) is 8. The molecule has 1 heterocycles. The predicted molar refractivity (Wildman–Crippen MR) is 104 cm³/mol. The first-order valence-electron chi connectivity index (χ1n) is 9.02. The van der Waals surface area contributed by atoms with Crippen molar-refractivity contribution in [2.45, 2.75) is 49.9 Å². The number of nitrogens with two attached hydrogens (primary N) is 2. The van der Waals surface area contributed by atoms with Crippen molar-refractivity contribution in [3.63, 3.8) is 0 Å². The van der Waals surface area contributed by atoms with Crippen LogP contribution in [0.4, 0.5) is 0 Å². The van der Waals surface area contributed by atoms with E-state index in [9.17, 15) is 29.1 Å². The molecule has 0 spiro atoms. The Morgan fingerprint density at radius 2 is 1.83 bits per heavy atom. The normalized spacial score (nSPS) is 19.1. The summed E-state index contributed by atoms with van der Waals surface area (Å²) in [5, 5.41) is 22.9. The summed E-state index contributed by atoms with van der Waals surface area (Å²) in [5.74, 6) is -4.17. The van der Waals surface area contributed by atoms with Gasteiger partial charge in [-0.05, 0) is 19.3 Å². The first-order valence-corrected chi connectivity index (χ1v) is 9.65. The van der Waals surface area contributed by atoms with Gasteiger partial charge in [-0.1, -0.05) is 0 Å². The minimum absolute atomic E-state index is 0.0426. The summed E-state index contributed by atoms with van der Waals surface area (Å²) < 4.78 is 0. The number of thiol groups is 1. The van der Waals surface area contributed by atoms with Gasteiger partial charge in [-0.25, -0.2) is 4.79 Å². The van der Waals surface area contributed by atoms with Crippen molar-refractivity contribution in [1.29, 1.82) is 0 Å². The SMILES string of the molecule is NC(=O)CCC(N)C(=O)N1CCCC1C(=O)NC(CO)C(=O)NC(CS)C(=O)O. The molecule has 4 amide bonds. The maximum absolute atomic E-state index is 12.6. The minimum atomic E-state index is -1.40. The summed E-state index contributed by atoms with van der Waals surface area (Å²) in [6.07, 6.45) is 0.832. The summed E-state index contributed by atoms with van der Waals surface area (Å²) >= 11 is 3.82. The smallest absolute Gasteiger partial charge is 0.327 e. The van der Waals surface area contributed by atoms with E-state index in [1.807, 2.05) is 0 Å². The summed E-state index contributed by atoms with van der Waals surface area (Å²) in [6.45, 7) is -0.493. The first kappa shape index (κ1) is 24.7. The molecule has 1 fully saturated rings. The average Bonchev–Trinajstić information content (AvgIpc) is 3.16. The van der Waals surface area contributed by atoms with Gasteiger partial charge in [-0.15, -0.1) is 0 Å². The largest absolute Gasteiger partial charge is 0.480 e. The Kier molecular flexibility index (Phi) is 9.85. The van der Waals surface area contributed by atoms with Gasteiger partial charge in [0.1, 0.15) is 18.1 Å². The van der Waals surface area contributed by atoms with Gasteiger partial charge in [0, 0.05) is 18.7 Å². The van der Waals surface area contributed by atoms with Gasteiger partial charge in [-0.2, -0.15) is 12.6 Å². The van der Waals surface area contributed by atoms with Crippen molar-refractivity contribution in [3.8, 4) is 0 Å². The zero-order valence-electron chi connectivity index (χ0n) is 15.7. The number of aliphatic hydroxyl groups is 1. The molecule has 1 aliphatic heterocycles. The highest BCUT2D eigenvalue weighted by Crippen LogP contribution is 2.19. The van der Waals surface area contributed by atoms with E-state index in [1.54, 1.807) is 0 Å². The average molecular weight is 433 g/mol. The van der Waals surface area contributed by atoms with Crippen LogP contribution in [0.15, 0.2) is 0 Å². The Hall–Kier alpha value is -2.38. The number of amides is 4. The van der Waals surface area contributed by atoms with Gasteiger partial charge in [0.2, 0.25) is 23.6 Å². The zero-order chi connectivity index (χ0) is 22.1. The lowest BCUT2D eigenvalue weighted by molar-refractivity contribution is -0.143. The molecule has 0 aromatic carbocycles. The van der Waals surface area contributed by atoms with Crippen LogP contribution in [-0.2, 0) is 24.0 Å². The lowest BCUT2D eigenvalue weighted by Crippen LogP contribution is -2.57. The summed E-state index contributed by atoms with van der Waals surface area (Å²) in [4.78, 5) is 60.3. The molecule has 0 bridgehead atoms. The third-order valence-electron chi connectivity index (χ3n) is 4.47. The number of aliphatic carboxylic acids is 1. The number of carboxylic acid groups (broad SMARTS) is 1. The van der Waals surface area contributed by atoms with Crippen molar-refractivity contribution < 1.29 is 34.2 Å². The van der Waals surface area contributed by atoms with Crippen LogP contribution in [0.1, 0.15) is 25.7 Å². The molecule has 1 rings (SSSR count). The lowest BCUT2D eigenvalue weighted by Gasteiger charge is -2.28. The number of rotatable bonds is 11. The van der Waals surface area contributed by atoms with E-state index >= 15 is 0 Å². The van der Waals surface area contributed by atoms with Crippen LogP contribution in [0.5, 0.6) is 0 Å². The van der Waals surface area contributed by atoms with E-state index in [2.05, 4.69) is 23.3 Å². The second kappa shape index (κ2) is 11.6. The molecule has 0 saturated carbocycles. The number of nitrogens with one attached hydrogen (secondary N) is 2. The Balaban J connectivity index is 2.74. The molecular weight excluding hydrogens is 406 g/mol. The number of aliphatic hydroxyl groups excluding tert-OH is 1. The molecule has 1 aliphatic rings. The quantitative estimate of drug-likeness (QED) is 0.163. The molecule has 4 atom stereocenters. The van der Waals surface area contributed by atoms with Crippen LogP contribution >= 0.6 is 12.6 Å². The van der Waals surface area contributed by atoms with E-state index in [-0.39, 0.29) is 25.1 Å². The fraction of sp³-hybridized carbons (Fsp3) is 0.688. The number of carbonyl (C=O) groups excluding carboxylic acids is 4. The summed E-state index contributed by atoms with van der Waals surface area (Å²) in [7, 11) is 0. The Morgan fingerprint density at radius 3 is 2.34 bits per heavy atom. The monoisotopic (exact) mass is 433 g/mol. The Bertz CT molecular complexity index is 647. The lowest BCUT2D eigenvalue weighted by atomic mass is 10.1. The molecule has 8 N–H and O–H groups in total. The predicted octanol–water partition coefficient (Wildman–Crippen LogP) is -3.45. The highest BCUT2D eigenvalue weighted by atomic mass is 32.1. The number of carboxylic acids is 1. The van der Waals surface area contributed by atoms with Gasteiger partial charge < -0.3 is 37.2 Å². The van der Waals surface area contributed by atoms with Crippen LogP contribution in [-0.4, -0.2) is 87.8 Å². The van der Waals surface area contributed by atoms with Crippen LogP contribution in [0.25, 0.3) is 0 Å². The van der Waals surface area contributed by atoms with Gasteiger partial charge in [-0.3, -0.25) is 19.2 Å². The fourth-order valence-electron chi connectivity index (χ4n) is 2.86. The van der Waals surface area contributed by atoms with Crippen molar-refractivity contribution in [2.75, 3.05) is 18.9 Å². The van der Waals surface area contributed by atoms with E-state index < -0.39 is 60.4 Å². The minimum Gasteiger partial charge on any atom is -0.480 e. The zero-order valence-corrected chi connectivity index (χ0v) is 16.6. The Morgan fingerprint density at radius 1 is 1.17 bits per heavy atom. The van der Waals surface area contributed by atoms with Gasteiger partial charge in [0.25, 0.3) is 0 Å². The molecule has 0 aromatic rings. The number of primary amides is 1. The summed E-state index contributed by atoms with van der Waals surface area (Å²) in [6, 6.07) is -4.58. The van der Waals surface area contributed by atoms with E-state index in [0.29, 0.717) is 12.8 Å². The third kappa shape index (κ3) is 7.18. The molecule has 164 valence electrons. The number of hydrogen-bond donors (Lipinski definition) is 7. The molecule has 29 heavy (non-hydrogen) atoms. The maximum atomic E-state index is 12.6. The third-order valence-corrected chi connectivity index (χ3v) is 4.84. The molecule has 0 aliphatic carbocycles. The van der Waals surface area contributed by atoms with Crippen LogP contribution < -0.4 is 22.1 Å². The van der Waals surface area contributed by atoms with Crippen LogP contribution in [0.3, 0.4) is 0 Å². The van der Waals surface area contributed by atoms with Gasteiger partial charge >= 0.3 is 5.97 Å². The standard InChI is InChI=1S/C16H27N5O7S/c17-8(3-4-12(18)23)15(26)21-5-1-2-11(21)14(25)19-9(6-22)13(24)20-10(7-29)16(27)28/h8-11,22,29H,1-7,17H2,(H2,18,23)(H,19,25)(H,20,24)(H,27,28). The van der Waals surface area contributed by atoms with Crippen molar-refractivity contribution in [2.24, 2.45) is 11.5 Å². The Labute approximate surface area is 172 Å². The highest BCUT2D eigenvalue weighted by molar-refractivity contribution is 7.80. The maximum Gasteiger partial charge on any atom is 0.327 e. The first-order chi connectivity index (χ1) is 13.6. The number of nitrogens with zero attached hydrogens (tertiary/aromatic N) is 1. The molecule has 0 aromatic heterocycles. The molecular formula is C16H27N5O7S. The van der Waals surface area contributed by atoms with Crippen molar-refractivity contribution in [1.82, 2.24) is 15.5 Å². The van der Waals surface area contributed by atoms with Gasteiger partial charge in [0.05, 0.1) is 12.6 Å². The molecule has 13 heteroatoms. The molecule has 1 saturated heterocycles. The van der Waals surface area contributed by atoms with E-state index in [4.69, 9.17) is 16.6 Å². The second-order valence-electron chi connectivity index (χ2n) is 6.63. The number of carbonyl (C=O) groups is 5. The van der Waals surface area contributed by atoms with E-state index in [0.717, 1.165) is 0 Å². The molecule has 4 unspecified atom stereocenters. The topological polar surface area (TPSA) is 205 Å². The second-order valence-corrected chi connectivity index (χ2v) is 6.99. The summed E-state index contributed by atoms with van der Waals surface area (Å²) in [5.41, 5.74) is 10.8. The molecule has 0 radical (unpaired) electrons. The fourth-order valence-corrected chi connectivity index (χ4v) is 3.10. The van der Waals surface area contributed by atoms with Gasteiger partial charge in [0.15, 0.2) is 0 Å². The molecule has 12 nitrogen and oxygen atoms in total. The highest BCUT2D eigenvalue weighted by Gasteiger charge is 2.37. The van der Waals surface area contributed by atoms with Crippen LogP contribution in [0.2, 0.25) is 0 Å². The van der Waals surface area contributed by atoms with Crippen molar-refractivity contribution >= 4 is 42.2 Å². The van der Waals surface area contributed by atoms with Crippen molar-refractivity contribution in [3.05, 3.63) is 0 Å².